The van der Waals surface area contributed by atoms with Gasteiger partial charge in [0.25, 0.3) is 0 Å². The number of aromatic nitrogens is 2. The lowest BCUT2D eigenvalue weighted by Crippen LogP contribution is -2.23. The van der Waals surface area contributed by atoms with Crippen LogP contribution >= 0.6 is 11.6 Å². The predicted octanol–water partition coefficient (Wildman–Crippen LogP) is 0.487. The molecule has 0 spiro atoms. The Labute approximate surface area is 114 Å². The standard InChI is InChI=1S/C9H10ClN5O3S/c10-8-3-7(5-12-9(8)14-11)19(16,17)13-4-6-1-2-18-15-6/h1-3,5,13H,4,11H2,(H,12,14). The lowest BCUT2D eigenvalue weighted by Gasteiger charge is -2.07. The van der Waals surface area contributed by atoms with Gasteiger partial charge in [-0.15, -0.1) is 0 Å². The largest absolute Gasteiger partial charge is 0.364 e. The van der Waals surface area contributed by atoms with Gasteiger partial charge in [-0.3, -0.25) is 0 Å². The van der Waals surface area contributed by atoms with E-state index in [1.165, 1.54) is 12.3 Å². The van der Waals surface area contributed by atoms with E-state index >= 15 is 0 Å². The van der Waals surface area contributed by atoms with Crippen molar-refractivity contribution in [3.63, 3.8) is 0 Å². The van der Waals surface area contributed by atoms with Crippen molar-refractivity contribution in [2.24, 2.45) is 5.84 Å². The van der Waals surface area contributed by atoms with Crippen molar-refractivity contribution in [2.75, 3.05) is 5.43 Å². The Morgan fingerprint density at radius 2 is 2.26 bits per heavy atom. The number of hydrogen-bond acceptors (Lipinski definition) is 7. The molecule has 0 amide bonds. The molecule has 0 aliphatic heterocycles. The molecule has 0 fully saturated rings. The molecule has 0 atom stereocenters. The summed E-state index contributed by atoms with van der Waals surface area (Å²) in [4.78, 5) is 3.72. The zero-order chi connectivity index (χ0) is 13.9. The van der Waals surface area contributed by atoms with Crippen LogP contribution in [0.25, 0.3) is 0 Å². The predicted molar refractivity (Wildman–Crippen MR) is 67.6 cm³/mol. The Morgan fingerprint density at radius 1 is 1.47 bits per heavy atom. The number of rotatable bonds is 5. The molecule has 0 saturated heterocycles. The first-order valence-corrected chi connectivity index (χ1v) is 6.90. The maximum Gasteiger partial charge on any atom is 0.242 e. The van der Waals surface area contributed by atoms with E-state index in [2.05, 4.69) is 24.8 Å². The van der Waals surface area contributed by atoms with E-state index in [1.807, 2.05) is 0 Å². The van der Waals surface area contributed by atoms with Gasteiger partial charge in [-0.05, 0) is 6.07 Å². The summed E-state index contributed by atoms with van der Waals surface area (Å²) >= 11 is 5.81. The van der Waals surface area contributed by atoms with E-state index in [9.17, 15) is 8.42 Å². The molecule has 10 heteroatoms. The molecule has 0 aliphatic rings. The zero-order valence-corrected chi connectivity index (χ0v) is 11.1. The summed E-state index contributed by atoms with van der Waals surface area (Å²) in [6, 6.07) is 2.80. The van der Waals surface area contributed by atoms with Crippen molar-refractivity contribution < 1.29 is 12.9 Å². The van der Waals surface area contributed by atoms with Gasteiger partial charge in [0.05, 0.1) is 17.3 Å². The second-order valence-corrected chi connectivity index (χ2v) is 5.64. The third-order valence-corrected chi connectivity index (χ3v) is 3.85. The Hall–Kier alpha value is -1.68. The normalized spacial score (nSPS) is 11.5. The summed E-state index contributed by atoms with van der Waals surface area (Å²) in [7, 11) is -3.73. The molecule has 0 aromatic carbocycles. The number of nitrogens with two attached hydrogens (primary N) is 1. The highest BCUT2D eigenvalue weighted by molar-refractivity contribution is 7.89. The maximum atomic E-state index is 12.0. The first-order chi connectivity index (χ1) is 9.03. The van der Waals surface area contributed by atoms with Gasteiger partial charge < -0.3 is 9.95 Å². The van der Waals surface area contributed by atoms with Gasteiger partial charge >= 0.3 is 0 Å². The number of nitrogen functional groups attached to an aromatic ring is 1. The molecule has 0 aliphatic carbocycles. The van der Waals surface area contributed by atoms with Gasteiger partial charge in [0.15, 0.2) is 5.82 Å². The zero-order valence-electron chi connectivity index (χ0n) is 9.50. The van der Waals surface area contributed by atoms with E-state index in [0.29, 0.717) is 5.69 Å². The van der Waals surface area contributed by atoms with Crippen molar-refractivity contribution in [3.05, 3.63) is 35.3 Å². The van der Waals surface area contributed by atoms with Crippen LogP contribution in [-0.4, -0.2) is 18.6 Å². The molecule has 2 aromatic heterocycles. The fraction of sp³-hybridized carbons (Fsp3) is 0.111. The highest BCUT2D eigenvalue weighted by atomic mass is 35.5. The van der Waals surface area contributed by atoms with E-state index < -0.39 is 10.0 Å². The number of halogens is 1. The minimum Gasteiger partial charge on any atom is -0.364 e. The molecule has 2 aromatic rings. The lowest BCUT2D eigenvalue weighted by molar-refractivity contribution is 0.411. The number of hydrazine groups is 1. The number of pyridine rings is 1. The molecule has 8 nitrogen and oxygen atoms in total. The van der Waals surface area contributed by atoms with E-state index in [4.69, 9.17) is 17.4 Å². The summed E-state index contributed by atoms with van der Waals surface area (Å²) < 4.78 is 30.9. The average molecular weight is 304 g/mol. The summed E-state index contributed by atoms with van der Waals surface area (Å²) in [6.45, 7) is 0.00728. The van der Waals surface area contributed by atoms with E-state index in [0.717, 1.165) is 6.20 Å². The van der Waals surface area contributed by atoms with Crippen LogP contribution in [0.5, 0.6) is 0 Å². The second kappa shape index (κ2) is 5.53. The molecular weight excluding hydrogens is 294 g/mol. The van der Waals surface area contributed by atoms with E-state index in [1.54, 1.807) is 6.07 Å². The van der Waals surface area contributed by atoms with Gasteiger partial charge in [-0.25, -0.2) is 24.0 Å². The number of hydrogen-bond donors (Lipinski definition) is 3. The SMILES string of the molecule is NNc1ncc(S(=O)(=O)NCc2ccon2)cc1Cl. The van der Waals surface area contributed by atoms with Gasteiger partial charge in [0.2, 0.25) is 10.0 Å². The van der Waals surface area contributed by atoms with Crippen LogP contribution in [0.4, 0.5) is 5.82 Å². The maximum absolute atomic E-state index is 12.0. The highest BCUT2D eigenvalue weighted by Crippen LogP contribution is 2.21. The van der Waals surface area contributed by atoms with Crippen molar-refractivity contribution in [3.8, 4) is 0 Å². The topological polar surface area (TPSA) is 123 Å². The minimum atomic E-state index is -3.73. The molecule has 102 valence electrons. The van der Waals surface area contributed by atoms with Crippen LogP contribution in [0, 0.1) is 0 Å². The second-order valence-electron chi connectivity index (χ2n) is 3.46. The first-order valence-electron chi connectivity index (χ1n) is 5.04. The van der Waals surface area contributed by atoms with Gasteiger partial charge in [0, 0.05) is 12.3 Å². The van der Waals surface area contributed by atoms with Crippen LogP contribution in [0.2, 0.25) is 5.02 Å². The Kier molecular flexibility index (Phi) is 4.00. The van der Waals surface area contributed by atoms with Gasteiger partial charge in [0.1, 0.15) is 11.2 Å². The van der Waals surface area contributed by atoms with Gasteiger partial charge in [-0.1, -0.05) is 16.8 Å². The number of nitrogens with zero attached hydrogens (tertiary/aromatic N) is 2. The van der Waals surface area contributed by atoms with Crippen LogP contribution < -0.4 is 16.0 Å². The molecule has 19 heavy (non-hydrogen) atoms. The van der Waals surface area contributed by atoms with Crippen molar-refractivity contribution in [1.82, 2.24) is 14.9 Å². The lowest BCUT2D eigenvalue weighted by atomic mass is 10.4. The monoisotopic (exact) mass is 303 g/mol. The van der Waals surface area contributed by atoms with Crippen LogP contribution in [0.15, 0.2) is 34.0 Å². The Balaban J connectivity index is 2.17. The highest BCUT2D eigenvalue weighted by Gasteiger charge is 2.16. The molecule has 4 N–H and O–H groups in total. The van der Waals surface area contributed by atoms with Gasteiger partial charge in [-0.2, -0.15) is 0 Å². The first kappa shape index (κ1) is 13.7. The third kappa shape index (κ3) is 3.20. The Bertz CT molecular complexity index is 658. The Morgan fingerprint density at radius 3 is 2.84 bits per heavy atom. The molecule has 0 bridgehead atoms. The van der Waals surface area contributed by atoms with Crippen molar-refractivity contribution in [1.29, 1.82) is 0 Å². The van der Waals surface area contributed by atoms with Crippen molar-refractivity contribution >= 4 is 27.4 Å². The fourth-order valence-corrected chi connectivity index (χ4v) is 2.51. The van der Waals surface area contributed by atoms with Crippen LogP contribution in [0.3, 0.4) is 0 Å². The fourth-order valence-electron chi connectivity index (χ4n) is 1.25. The molecular formula is C9H10ClN5O3S. The molecule has 0 saturated carbocycles. The molecule has 2 heterocycles. The van der Waals surface area contributed by atoms with Crippen LogP contribution in [-0.2, 0) is 16.6 Å². The number of sulfonamides is 1. The summed E-state index contributed by atoms with van der Waals surface area (Å²) in [5.41, 5.74) is 2.71. The third-order valence-electron chi connectivity index (χ3n) is 2.20. The molecule has 2 rings (SSSR count). The summed E-state index contributed by atoms with van der Waals surface area (Å²) in [5, 5.41) is 3.69. The van der Waals surface area contributed by atoms with Crippen molar-refractivity contribution in [2.45, 2.75) is 11.4 Å². The molecule has 0 unspecified atom stereocenters. The average Bonchev–Trinajstić information content (AvgIpc) is 2.89. The summed E-state index contributed by atoms with van der Waals surface area (Å²) in [6.07, 6.45) is 2.50. The number of anilines is 1. The smallest absolute Gasteiger partial charge is 0.242 e. The van der Waals surface area contributed by atoms with Crippen LogP contribution in [0.1, 0.15) is 5.69 Å². The van der Waals surface area contributed by atoms with E-state index in [-0.39, 0.29) is 22.3 Å². The number of nitrogens with one attached hydrogen (secondary N) is 2. The minimum absolute atomic E-state index is 0.00728. The molecule has 0 radical (unpaired) electrons. The quantitative estimate of drug-likeness (QED) is 0.542. The summed E-state index contributed by atoms with van der Waals surface area (Å²) in [5.74, 6) is 5.34.